The molecule has 0 radical (unpaired) electrons. The molecule has 0 bridgehead atoms. The second-order valence-electron chi connectivity index (χ2n) is 17.0. The number of aliphatic hydroxyl groups is 3. The van der Waals surface area contributed by atoms with Crippen molar-refractivity contribution in [3.8, 4) is 0 Å². The Balaban J connectivity index is 3.57. The second kappa shape index (κ2) is 44.8. The minimum absolute atomic E-state index is 0.312. The Morgan fingerprint density at radius 1 is 0.426 bits per heavy atom. The first-order valence-electron chi connectivity index (χ1n) is 24.5. The van der Waals surface area contributed by atoms with Crippen LogP contribution in [0, 0.1) is 0 Å². The van der Waals surface area contributed by atoms with Crippen LogP contribution in [0.3, 0.4) is 0 Å². The van der Waals surface area contributed by atoms with Crippen LogP contribution in [0.1, 0.15) is 271 Å². The third kappa shape index (κ3) is 39.3. The van der Waals surface area contributed by atoms with Gasteiger partial charge in [0, 0.05) is 0 Å². The fourth-order valence-corrected chi connectivity index (χ4v) is 7.78. The van der Waals surface area contributed by atoms with E-state index in [4.69, 9.17) is 0 Å². The van der Waals surface area contributed by atoms with Crippen molar-refractivity contribution in [2.75, 3.05) is 6.61 Å². The first kappa shape index (κ1) is 53.1. The summed E-state index contributed by atoms with van der Waals surface area (Å²) in [4.78, 5) is 12.5. The van der Waals surface area contributed by atoms with Gasteiger partial charge in [-0.15, -0.1) is 0 Å². The third-order valence-corrected chi connectivity index (χ3v) is 11.6. The van der Waals surface area contributed by atoms with E-state index in [0.717, 1.165) is 32.1 Å². The number of amides is 1. The number of unbranched alkanes of at least 4 members (excludes halogenated alkanes) is 35. The molecule has 0 spiro atoms. The van der Waals surface area contributed by atoms with Crippen LogP contribution in [-0.4, -0.2) is 46.1 Å². The first-order valence-corrected chi connectivity index (χ1v) is 24.5. The average molecular weight is 764 g/mol. The maximum atomic E-state index is 12.5. The van der Waals surface area contributed by atoms with Crippen LogP contribution in [-0.2, 0) is 4.79 Å². The molecule has 0 aromatic rings. The normalized spacial score (nSPS) is 13.5. The number of aliphatic hydroxyl groups excluding tert-OH is 3. The Labute approximate surface area is 338 Å². The van der Waals surface area contributed by atoms with Crippen molar-refractivity contribution in [3.05, 3.63) is 12.2 Å². The SMILES string of the molecule is CCCCCCCCCC/C=C\CCCCCCCCC(O)C(=O)NC(CO)C(O)CCCCCCCCCCCCCCCCCCCCCCCC. The number of carbonyl (C=O) groups is 1. The van der Waals surface area contributed by atoms with E-state index < -0.39 is 24.2 Å². The van der Waals surface area contributed by atoms with Gasteiger partial charge in [-0.1, -0.05) is 244 Å². The number of allylic oxidation sites excluding steroid dienone is 2. The van der Waals surface area contributed by atoms with Crippen molar-refractivity contribution in [1.29, 1.82) is 0 Å². The van der Waals surface area contributed by atoms with E-state index in [1.165, 1.54) is 212 Å². The predicted molar refractivity (Wildman–Crippen MR) is 236 cm³/mol. The molecular formula is C49H97NO4. The highest BCUT2D eigenvalue weighted by molar-refractivity contribution is 5.80. The van der Waals surface area contributed by atoms with Crippen LogP contribution in [0.4, 0.5) is 0 Å². The third-order valence-electron chi connectivity index (χ3n) is 11.6. The lowest BCUT2D eigenvalue weighted by Crippen LogP contribution is -2.49. The van der Waals surface area contributed by atoms with Crippen molar-refractivity contribution < 1.29 is 20.1 Å². The van der Waals surface area contributed by atoms with Crippen LogP contribution in [0.2, 0.25) is 0 Å². The van der Waals surface area contributed by atoms with Crippen molar-refractivity contribution in [1.82, 2.24) is 5.32 Å². The molecule has 54 heavy (non-hydrogen) atoms. The summed E-state index contributed by atoms with van der Waals surface area (Å²) >= 11 is 0. The lowest BCUT2D eigenvalue weighted by molar-refractivity contribution is -0.131. The molecule has 0 aromatic carbocycles. The molecule has 5 nitrogen and oxygen atoms in total. The Kier molecular flexibility index (Phi) is 44.0. The Morgan fingerprint density at radius 2 is 0.704 bits per heavy atom. The van der Waals surface area contributed by atoms with E-state index in [-0.39, 0.29) is 6.61 Å². The molecule has 3 unspecified atom stereocenters. The van der Waals surface area contributed by atoms with E-state index in [0.29, 0.717) is 12.8 Å². The second-order valence-corrected chi connectivity index (χ2v) is 17.0. The number of nitrogens with one attached hydrogen (secondary N) is 1. The van der Waals surface area contributed by atoms with Crippen molar-refractivity contribution in [2.24, 2.45) is 0 Å². The van der Waals surface area contributed by atoms with Crippen LogP contribution < -0.4 is 5.32 Å². The van der Waals surface area contributed by atoms with Gasteiger partial charge >= 0.3 is 0 Å². The molecule has 5 heteroatoms. The van der Waals surface area contributed by atoms with Crippen LogP contribution in [0.25, 0.3) is 0 Å². The summed E-state index contributed by atoms with van der Waals surface area (Å²) in [5.41, 5.74) is 0. The molecule has 3 atom stereocenters. The molecule has 322 valence electrons. The summed E-state index contributed by atoms with van der Waals surface area (Å²) in [6.45, 7) is 4.25. The maximum Gasteiger partial charge on any atom is 0.249 e. The lowest BCUT2D eigenvalue weighted by Gasteiger charge is -2.23. The Hall–Kier alpha value is -0.910. The summed E-state index contributed by atoms with van der Waals surface area (Å²) in [5.74, 6) is -0.471. The minimum atomic E-state index is -1.08. The van der Waals surface area contributed by atoms with E-state index in [2.05, 4.69) is 31.3 Å². The monoisotopic (exact) mass is 764 g/mol. The zero-order valence-corrected chi connectivity index (χ0v) is 36.6. The van der Waals surface area contributed by atoms with Gasteiger partial charge in [0.1, 0.15) is 6.10 Å². The van der Waals surface area contributed by atoms with E-state index >= 15 is 0 Å². The summed E-state index contributed by atoms with van der Waals surface area (Å²) in [5, 5.41) is 33.4. The van der Waals surface area contributed by atoms with Crippen molar-refractivity contribution >= 4 is 5.91 Å². The van der Waals surface area contributed by atoms with Gasteiger partial charge in [-0.05, 0) is 38.5 Å². The summed E-state index contributed by atoms with van der Waals surface area (Å²) in [6, 6.07) is -0.712. The summed E-state index contributed by atoms with van der Waals surface area (Å²) < 4.78 is 0. The van der Waals surface area contributed by atoms with Gasteiger partial charge in [0.2, 0.25) is 5.91 Å². The van der Waals surface area contributed by atoms with Gasteiger partial charge in [0.15, 0.2) is 0 Å². The molecule has 0 aliphatic rings. The predicted octanol–water partition coefficient (Wildman–Crippen LogP) is 14.4. The molecular weight excluding hydrogens is 667 g/mol. The molecule has 0 aliphatic carbocycles. The van der Waals surface area contributed by atoms with E-state index in [1.54, 1.807) is 0 Å². The van der Waals surface area contributed by atoms with Gasteiger partial charge in [-0.3, -0.25) is 4.79 Å². The summed E-state index contributed by atoms with van der Waals surface area (Å²) in [6.07, 6.45) is 53.7. The zero-order valence-electron chi connectivity index (χ0n) is 36.6. The fourth-order valence-electron chi connectivity index (χ4n) is 7.78. The maximum absolute atomic E-state index is 12.5. The molecule has 1 amide bonds. The van der Waals surface area contributed by atoms with Crippen LogP contribution in [0.5, 0.6) is 0 Å². The summed E-state index contributed by atoms with van der Waals surface area (Å²) in [7, 11) is 0. The highest BCUT2D eigenvalue weighted by Crippen LogP contribution is 2.17. The largest absolute Gasteiger partial charge is 0.394 e. The molecule has 0 saturated carbocycles. The topological polar surface area (TPSA) is 89.8 Å². The van der Waals surface area contributed by atoms with Gasteiger partial charge < -0.3 is 20.6 Å². The number of rotatable bonds is 45. The van der Waals surface area contributed by atoms with Gasteiger partial charge in [-0.25, -0.2) is 0 Å². The molecule has 0 aliphatic heterocycles. The lowest BCUT2D eigenvalue weighted by atomic mass is 10.0. The van der Waals surface area contributed by atoms with Crippen LogP contribution in [0.15, 0.2) is 12.2 Å². The first-order chi connectivity index (χ1) is 26.6. The highest BCUT2D eigenvalue weighted by Gasteiger charge is 2.23. The quantitative estimate of drug-likeness (QED) is 0.0367. The highest BCUT2D eigenvalue weighted by atomic mass is 16.3. The van der Waals surface area contributed by atoms with E-state index in [9.17, 15) is 20.1 Å². The number of carbonyl (C=O) groups excluding carboxylic acids is 1. The molecule has 0 aromatic heterocycles. The number of hydrogen-bond acceptors (Lipinski definition) is 4. The van der Waals surface area contributed by atoms with Gasteiger partial charge in [-0.2, -0.15) is 0 Å². The molecule has 4 N–H and O–H groups in total. The standard InChI is InChI=1S/C49H97NO4/c1-3-5-7-9-11-13-15-17-19-21-23-24-25-26-28-29-31-33-35-37-39-41-43-47(52)46(45-51)50-49(54)48(53)44-42-40-38-36-34-32-30-27-22-20-18-16-14-12-10-8-6-4-2/h22,27,46-48,51-53H,3-21,23-26,28-45H2,1-2H3,(H,50,54)/b27-22-. The molecule has 0 saturated heterocycles. The van der Waals surface area contributed by atoms with Crippen molar-refractivity contribution in [2.45, 2.75) is 289 Å². The Morgan fingerprint density at radius 3 is 1.02 bits per heavy atom. The van der Waals surface area contributed by atoms with Gasteiger partial charge in [0.25, 0.3) is 0 Å². The van der Waals surface area contributed by atoms with Crippen LogP contribution >= 0.6 is 0 Å². The van der Waals surface area contributed by atoms with Gasteiger partial charge in [0.05, 0.1) is 18.8 Å². The Bertz CT molecular complexity index is 758. The average Bonchev–Trinajstić information content (AvgIpc) is 3.18. The number of hydrogen-bond donors (Lipinski definition) is 4. The smallest absolute Gasteiger partial charge is 0.249 e. The molecule has 0 rings (SSSR count). The zero-order chi connectivity index (χ0) is 39.4. The van der Waals surface area contributed by atoms with Crippen molar-refractivity contribution in [3.63, 3.8) is 0 Å². The fraction of sp³-hybridized carbons (Fsp3) is 0.939. The minimum Gasteiger partial charge on any atom is -0.394 e. The molecule has 0 fully saturated rings. The van der Waals surface area contributed by atoms with E-state index in [1.807, 2.05) is 0 Å². The molecule has 0 heterocycles.